The first-order valence-corrected chi connectivity index (χ1v) is 15.1. The Morgan fingerprint density at radius 2 is 2.00 bits per heavy atom. The normalized spacial score (nSPS) is 46.1. The summed E-state index contributed by atoms with van der Waals surface area (Å²) in [5.41, 5.74) is 0.799. The highest BCUT2D eigenvalue weighted by Gasteiger charge is 2.59. The van der Waals surface area contributed by atoms with Gasteiger partial charge in [0.1, 0.15) is 29.4 Å². The van der Waals surface area contributed by atoms with Crippen LogP contribution in [0.25, 0.3) is 0 Å². The van der Waals surface area contributed by atoms with Crippen LogP contribution in [0, 0.1) is 17.8 Å². The van der Waals surface area contributed by atoms with Gasteiger partial charge in [-0.2, -0.15) is 0 Å². The summed E-state index contributed by atoms with van der Waals surface area (Å²) < 4.78 is 25.4. The number of hydrogen-bond acceptors (Lipinski definition) is 9. The van der Waals surface area contributed by atoms with Crippen LogP contribution in [0.2, 0.25) is 0 Å². The molecule has 226 valence electrons. The summed E-state index contributed by atoms with van der Waals surface area (Å²) in [5, 5.41) is 35.2. The van der Waals surface area contributed by atoms with Crippen molar-refractivity contribution >= 4 is 11.7 Å². The smallest absolute Gasteiger partial charge is 0.316 e. The molecule has 9 atom stereocenters. The fraction of sp³-hybridized carbons (Fsp3) is 0.688. The number of oxime groups is 1. The Morgan fingerprint density at radius 3 is 2.73 bits per heavy atom. The number of aliphatic hydroxyl groups excluding tert-OH is 1. The van der Waals surface area contributed by atoms with Crippen LogP contribution in [0.15, 0.2) is 52.3 Å². The molecule has 41 heavy (non-hydrogen) atoms. The van der Waals surface area contributed by atoms with Crippen molar-refractivity contribution in [3.05, 3.63) is 47.1 Å². The molecule has 0 aromatic heterocycles. The molecule has 0 aromatic rings. The van der Waals surface area contributed by atoms with Crippen molar-refractivity contribution in [2.75, 3.05) is 13.2 Å². The molecule has 4 aliphatic heterocycles. The summed E-state index contributed by atoms with van der Waals surface area (Å²) in [6.07, 6.45) is 12.4. The van der Waals surface area contributed by atoms with Crippen LogP contribution >= 0.6 is 0 Å². The second-order valence-electron chi connectivity index (χ2n) is 12.6. The first kappa shape index (κ1) is 30.2. The van der Waals surface area contributed by atoms with Crippen LogP contribution in [0.3, 0.4) is 0 Å². The Hall–Kier alpha value is -2.30. The maximum absolute atomic E-state index is 13.9. The Kier molecular flexibility index (Phi) is 8.93. The standard InChI is InChI=1S/C32H45NO8/c1-5-27-22(17-34)11-12-31(41-27)16-25-15-24(40-31)10-9-20(3)13-19(2)7-6-8-23-18-38-29-28(33-37)21(4)14-26(30(35)39-25)32(23,29)36/h6-9,14,19,22,24-27,29,34,36-37H,5,10-13,15-18H2,1-4H3/b7-6+,20-9+,23-8+,33-28-/t19-,22+,24+,25-,26-,27+,29+,31+,32+/m0/s1. The second kappa shape index (κ2) is 12.1. The molecule has 4 heterocycles. The number of hydrogen-bond donors (Lipinski definition) is 3. The van der Waals surface area contributed by atoms with E-state index in [4.69, 9.17) is 18.9 Å². The van der Waals surface area contributed by atoms with Gasteiger partial charge in [-0.25, -0.2) is 0 Å². The lowest BCUT2D eigenvalue weighted by atomic mass is 9.71. The summed E-state index contributed by atoms with van der Waals surface area (Å²) in [5.74, 6) is -2.20. The molecule has 2 bridgehead atoms. The minimum Gasteiger partial charge on any atom is -0.462 e. The molecule has 9 heteroatoms. The summed E-state index contributed by atoms with van der Waals surface area (Å²) in [6, 6.07) is 0. The minimum atomic E-state index is -1.75. The molecule has 5 aliphatic rings. The van der Waals surface area contributed by atoms with Gasteiger partial charge in [-0.15, -0.1) is 0 Å². The maximum Gasteiger partial charge on any atom is 0.316 e. The van der Waals surface area contributed by atoms with E-state index in [1.807, 2.05) is 19.1 Å². The van der Waals surface area contributed by atoms with Gasteiger partial charge in [-0.05, 0) is 56.6 Å². The average molecular weight is 572 g/mol. The highest BCUT2D eigenvalue weighted by molar-refractivity contribution is 6.06. The monoisotopic (exact) mass is 571 g/mol. The van der Waals surface area contributed by atoms with E-state index in [-0.39, 0.29) is 43.0 Å². The van der Waals surface area contributed by atoms with Gasteiger partial charge >= 0.3 is 5.97 Å². The number of ether oxygens (including phenoxy) is 4. The molecule has 0 amide bonds. The number of nitrogens with zero attached hydrogens (tertiary/aromatic N) is 1. The van der Waals surface area contributed by atoms with E-state index in [1.165, 1.54) is 5.57 Å². The Labute approximate surface area is 242 Å². The first-order valence-electron chi connectivity index (χ1n) is 15.1. The van der Waals surface area contributed by atoms with E-state index in [9.17, 15) is 20.2 Å². The average Bonchev–Trinajstić information content (AvgIpc) is 3.27. The topological polar surface area (TPSA) is 127 Å². The third kappa shape index (κ3) is 5.84. The highest BCUT2D eigenvalue weighted by atomic mass is 16.7. The lowest BCUT2D eigenvalue weighted by molar-refractivity contribution is -0.337. The Bertz CT molecular complexity index is 1160. The summed E-state index contributed by atoms with van der Waals surface area (Å²) in [7, 11) is 0. The molecule has 0 radical (unpaired) electrons. The fourth-order valence-electron chi connectivity index (χ4n) is 7.30. The van der Waals surface area contributed by atoms with Crippen molar-refractivity contribution in [2.24, 2.45) is 22.9 Å². The lowest BCUT2D eigenvalue weighted by Gasteiger charge is -2.50. The quantitative estimate of drug-likeness (QED) is 0.193. The van der Waals surface area contributed by atoms with Crippen LogP contribution in [0.5, 0.6) is 0 Å². The molecule has 1 aliphatic carbocycles. The van der Waals surface area contributed by atoms with Gasteiger partial charge in [0.2, 0.25) is 0 Å². The first-order chi connectivity index (χ1) is 19.6. The largest absolute Gasteiger partial charge is 0.462 e. The molecule has 3 N–H and O–H groups in total. The van der Waals surface area contributed by atoms with Crippen molar-refractivity contribution in [1.82, 2.24) is 0 Å². The SMILES string of the molecule is CC[C@H]1O[C@]2(CC[C@@H]1CO)C[C@@H]1C[C@@H](C/C=C(\C)C[C@@H](C)/C=C/C=C3\CO[C@@H]4/C(=N\O)C(C)=C[C@@H](C(=O)O1)[C@]34O)O2. The van der Waals surface area contributed by atoms with Crippen molar-refractivity contribution in [1.29, 1.82) is 0 Å². The highest BCUT2D eigenvalue weighted by Crippen LogP contribution is 2.46. The fourth-order valence-corrected chi connectivity index (χ4v) is 7.30. The summed E-state index contributed by atoms with van der Waals surface area (Å²) >= 11 is 0. The number of carbonyl (C=O) groups excluding carboxylic acids is 1. The zero-order valence-corrected chi connectivity index (χ0v) is 24.6. The lowest BCUT2D eigenvalue weighted by Crippen LogP contribution is -2.57. The van der Waals surface area contributed by atoms with Crippen LogP contribution in [-0.2, 0) is 23.7 Å². The number of fused-ring (bicyclic) bond motifs is 2. The molecular weight excluding hydrogens is 526 g/mol. The molecule has 0 unspecified atom stereocenters. The number of allylic oxidation sites excluding steroid dienone is 4. The Balaban J connectivity index is 1.52. The molecule has 9 nitrogen and oxygen atoms in total. The molecule has 0 saturated carbocycles. The van der Waals surface area contributed by atoms with Gasteiger partial charge in [0, 0.05) is 31.8 Å². The molecular formula is C32H45NO8. The molecule has 3 fully saturated rings. The van der Waals surface area contributed by atoms with Crippen LogP contribution in [-0.4, -0.2) is 76.1 Å². The molecule has 5 rings (SSSR count). The number of carbonyl (C=O) groups is 1. The number of aliphatic hydroxyl groups is 2. The van der Waals surface area contributed by atoms with Gasteiger partial charge in [0.15, 0.2) is 5.79 Å². The van der Waals surface area contributed by atoms with Crippen LogP contribution < -0.4 is 0 Å². The van der Waals surface area contributed by atoms with Crippen molar-refractivity contribution in [3.63, 3.8) is 0 Å². The van der Waals surface area contributed by atoms with Gasteiger partial charge < -0.3 is 34.4 Å². The van der Waals surface area contributed by atoms with Gasteiger partial charge in [0.05, 0.1) is 18.8 Å². The van der Waals surface area contributed by atoms with E-state index in [0.717, 1.165) is 19.3 Å². The zero-order chi connectivity index (χ0) is 29.4. The number of esters is 1. The molecule has 3 saturated heterocycles. The van der Waals surface area contributed by atoms with Gasteiger partial charge in [0.25, 0.3) is 0 Å². The molecule has 1 spiro atoms. The van der Waals surface area contributed by atoms with Crippen molar-refractivity contribution in [2.45, 2.75) is 108 Å². The Morgan fingerprint density at radius 1 is 1.20 bits per heavy atom. The summed E-state index contributed by atoms with van der Waals surface area (Å²) in [6.45, 7) is 8.21. The van der Waals surface area contributed by atoms with Gasteiger partial charge in [-0.3, -0.25) is 4.79 Å². The van der Waals surface area contributed by atoms with E-state index >= 15 is 0 Å². The third-order valence-electron chi connectivity index (χ3n) is 9.49. The van der Waals surface area contributed by atoms with Crippen LogP contribution in [0.4, 0.5) is 0 Å². The van der Waals surface area contributed by atoms with Crippen LogP contribution in [0.1, 0.15) is 72.6 Å². The van der Waals surface area contributed by atoms with E-state index < -0.39 is 35.5 Å². The predicted octanol–water partition coefficient (Wildman–Crippen LogP) is 4.37. The van der Waals surface area contributed by atoms with E-state index in [2.05, 4.69) is 31.2 Å². The molecule has 0 aromatic carbocycles. The van der Waals surface area contributed by atoms with Crippen molar-refractivity contribution in [3.8, 4) is 0 Å². The maximum atomic E-state index is 13.9. The van der Waals surface area contributed by atoms with E-state index in [1.54, 1.807) is 13.0 Å². The number of rotatable bonds is 2. The summed E-state index contributed by atoms with van der Waals surface area (Å²) in [4.78, 5) is 13.9. The van der Waals surface area contributed by atoms with Crippen molar-refractivity contribution < 1.29 is 39.2 Å². The second-order valence-corrected chi connectivity index (χ2v) is 12.6. The third-order valence-corrected chi connectivity index (χ3v) is 9.49. The van der Waals surface area contributed by atoms with E-state index in [0.29, 0.717) is 36.8 Å². The zero-order valence-electron chi connectivity index (χ0n) is 24.6. The van der Waals surface area contributed by atoms with Gasteiger partial charge in [-0.1, -0.05) is 55.0 Å². The predicted molar refractivity (Wildman–Crippen MR) is 152 cm³/mol. The minimum absolute atomic E-state index is 0.0503.